The number of para-hydroxylation sites is 1. The highest BCUT2D eigenvalue weighted by Crippen LogP contribution is 2.58. The maximum absolute atomic E-state index is 5.08. The summed E-state index contributed by atoms with van der Waals surface area (Å²) in [5, 5.41) is 0. The summed E-state index contributed by atoms with van der Waals surface area (Å²) >= 11 is 0. The van der Waals surface area contributed by atoms with Crippen molar-refractivity contribution in [2.45, 2.75) is 44.1 Å². The Morgan fingerprint density at radius 2 is 2.25 bits per heavy atom. The lowest BCUT2D eigenvalue weighted by atomic mass is 9.59. The summed E-state index contributed by atoms with van der Waals surface area (Å²) in [4.78, 5) is 7.88. The largest absolute Gasteiger partial charge is 0.299 e. The molecule has 2 saturated heterocycles. The average Bonchev–Trinajstić information content (AvgIpc) is 3.02. The standard InChI is InChI=1S/C18H22N2/c1-2-12-11-20-8-7-18-14-5-3-4-6-15(14)19-16(18)9-13(12)10-17(18)20/h3-6,12-13,17H,2,7-11H2,1H3/t12-,13+,17+,18+/m1/s1. The molecule has 4 aliphatic rings. The lowest BCUT2D eigenvalue weighted by Gasteiger charge is -2.50. The van der Waals surface area contributed by atoms with Gasteiger partial charge in [0.1, 0.15) is 0 Å². The summed E-state index contributed by atoms with van der Waals surface area (Å²) in [5.74, 6) is 1.79. The molecule has 0 amide bonds. The lowest BCUT2D eigenvalue weighted by Crippen LogP contribution is -2.57. The van der Waals surface area contributed by atoms with Gasteiger partial charge in [-0.25, -0.2) is 0 Å². The topological polar surface area (TPSA) is 15.6 Å². The average molecular weight is 266 g/mol. The van der Waals surface area contributed by atoms with Crippen LogP contribution in [0.1, 0.15) is 38.2 Å². The summed E-state index contributed by atoms with van der Waals surface area (Å²) < 4.78 is 0. The molecule has 2 nitrogen and oxygen atoms in total. The Hall–Kier alpha value is -1.15. The zero-order chi connectivity index (χ0) is 13.3. The monoisotopic (exact) mass is 266 g/mol. The Balaban J connectivity index is 1.69. The molecule has 1 aromatic carbocycles. The molecule has 5 rings (SSSR count). The van der Waals surface area contributed by atoms with Gasteiger partial charge in [-0.15, -0.1) is 0 Å². The summed E-state index contributed by atoms with van der Waals surface area (Å²) in [5.41, 5.74) is 4.63. The molecule has 1 aromatic rings. The van der Waals surface area contributed by atoms with Crippen molar-refractivity contribution in [1.29, 1.82) is 0 Å². The highest BCUT2D eigenvalue weighted by Gasteiger charge is 2.60. The summed E-state index contributed by atoms with van der Waals surface area (Å²) in [6, 6.07) is 9.66. The van der Waals surface area contributed by atoms with Crippen molar-refractivity contribution in [3.8, 4) is 0 Å². The van der Waals surface area contributed by atoms with Crippen LogP contribution in [0.3, 0.4) is 0 Å². The maximum atomic E-state index is 5.08. The second-order valence-electron chi connectivity index (χ2n) is 7.18. The Morgan fingerprint density at radius 3 is 3.15 bits per heavy atom. The quantitative estimate of drug-likeness (QED) is 0.759. The van der Waals surface area contributed by atoms with E-state index in [1.165, 1.54) is 55.7 Å². The van der Waals surface area contributed by atoms with Crippen molar-refractivity contribution >= 4 is 11.4 Å². The third-order valence-corrected chi connectivity index (χ3v) is 6.60. The minimum atomic E-state index is 0.297. The van der Waals surface area contributed by atoms with Crippen molar-refractivity contribution in [3.05, 3.63) is 29.8 Å². The van der Waals surface area contributed by atoms with E-state index in [0.717, 1.165) is 17.9 Å². The van der Waals surface area contributed by atoms with Crippen LogP contribution in [-0.2, 0) is 5.41 Å². The molecular formula is C18H22N2. The third-order valence-electron chi connectivity index (χ3n) is 6.60. The second kappa shape index (κ2) is 3.73. The molecule has 2 bridgehead atoms. The van der Waals surface area contributed by atoms with Gasteiger partial charge in [-0.1, -0.05) is 31.5 Å². The molecule has 0 unspecified atom stereocenters. The highest BCUT2D eigenvalue weighted by molar-refractivity contribution is 6.03. The molecule has 20 heavy (non-hydrogen) atoms. The molecule has 4 atom stereocenters. The molecule has 0 N–H and O–H groups in total. The Bertz CT molecular complexity index is 605. The molecule has 3 heterocycles. The smallest absolute Gasteiger partial charge is 0.0671 e. The number of rotatable bonds is 1. The van der Waals surface area contributed by atoms with Gasteiger partial charge in [-0.05, 0) is 49.3 Å². The van der Waals surface area contributed by atoms with Gasteiger partial charge in [-0.3, -0.25) is 9.89 Å². The van der Waals surface area contributed by atoms with Crippen molar-refractivity contribution < 1.29 is 0 Å². The number of benzene rings is 1. The molecule has 0 aromatic heterocycles. The normalized spacial score (nSPS) is 41.2. The molecular weight excluding hydrogens is 244 g/mol. The Kier molecular flexibility index (Phi) is 2.15. The SMILES string of the molecule is CC[C@@H]1CN2CC[C@@]34C(=Nc5ccccc53)C[C@H]1C[C@H]24. The number of hydrogen-bond donors (Lipinski definition) is 0. The first-order chi connectivity index (χ1) is 9.83. The molecule has 1 spiro atoms. The zero-order valence-electron chi connectivity index (χ0n) is 12.2. The number of aliphatic imine (C=N–C) groups is 1. The van der Waals surface area contributed by atoms with E-state index in [0.29, 0.717) is 5.41 Å². The first-order valence-corrected chi connectivity index (χ1v) is 8.24. The molecule has 3 fully saturated rings. The molecule has 0 radical (unpaired) electrons. The highest BCUT2D eigenvalue weighted by atomic mass is 15.2. The van der Waals surface area contributed by atoms with Gasteiger partial charge in [-0.2, -0.15) is 0 Å². The summed E-state index contributed by atoms with van der Waals surface area (Å²) in [7, 11) is 0. The van der Waals surface area contributed by atoms with Crippen LogP contribution in [0.4, 0.5) is 5.69 Å². The summed E-state index contributed by atoms with van der Waals surface area (Å²) in [6.45, 7) is 4.98. The minimum Gasteiger partial charge on any atom is -0.299 e. The van der Waals surface area contributed by atoms with Crippen LogP contribution in [0.15, 0.2) is 29.3 Å². The van der Waals surface area contributed by atoms with E-state index in [1.54, 1.807) is 0 Å². The molecule has 104 valence electrons. The molecule has 1 saturated carbocycles. The molecule has 1 aliphatic carbocycles. The predicted molar refractivity (Wildman–Crippen MR) is 81.7 cm³/mol. The number of fused-ring (bicyclic) bond motifs is 2. The van der Waals surface area contributed by atoms with Crippen molar-refractivity contribution in [1.82, 2.24) is 4.90 Å². The third kappa shape index (κ3) is 1.18. The van der Waals surface area contributed by atoms with Gasteiger partial charge >= 0.3 is 0 Å². The van der Waals surface area contributed by atoms with Crippen LogP contribution >= 0.6 is 0 Å². The van der Waals surface area contributed by atoms with Crippen molar-refractivity contribution in [2.75, 3.05) is 13.1 Å². The first kappa shape index (κ1) is 11.5. The van der Waals surface area contributed by atoms with E-state index < -0.39 is 0 Å². The molecule has 2 heteroatoms. The second-order valence-corrected chi connectivity index (χ2v) is 7.18. The van der Waals surface area contributed by atoms with Gasteiger partial charge in [0.25, 0.3) is 0 Å². The zero-order valence-corrected chi connectivity index (χ0v) is 12.2. The minimum absolute atomic E-state index is 0.297. The van der Waals surface area contributed by atoms with Crippen molar-refractivity contribution in [3.63, 3.8) is 0 Å². The number of hydrogen-bond acceptors (Lipinski definition) is 2. The van der Waals surface area contributed by atoms with E-state index in [1.807, 2.05) is 0 Å². The van der Waals surface area contributed by atoms with Crippen LogP contribution in [0, 0.1) is 11.8 Å². The van der Waals surface area contributed by atoms with Crippen LogP contribution in [0.25, 0.3) is 0 Å². The van der Waals surface area contributed by atoms with Gasteiger partial charge in [0, 0.05) is 18.3 Å². The van der Waals surface area contributed by atoms with Gasteiger partial charge in [0.05, 0.1) is 11.1 Å². The van der Waals surface area contributed by atoms with Crippen molar-refractivity contribution in [2.24, 2.45) is 16.8 Å². The fourth-order valence-electron chi connectivity index (χ4n) is 5.64. The van der Waals surface area contributed by atoms with E-state index >= 15 is 0 Å². The molecule has 3 aliphatic heterocycles. The number of piperidine rings is 1. The van der Waals surface area contributed by atoms with E-state index in [-0.39, 0.29) is 0 Å². The van der Waals surface area contributed by atoms with E-state index in [4.69, 9.17) is 4.99 Å². The van der Waals surface area contributed by atoms with Crippen LogP contribution < -0.4 is 0 Å². The fourth-order valence-corrected chi connectivity index (χ4v) is 5.64. The number of nitrogens with zero attached hydrogens (tertiary/aromatic N) is 2. The van der Waals surface area contributed by atoms with Crippen LogP contribution in [0.5, 0.6) is 0 Å². The fraction of sp³-hybridized carbons (Fsp3) is 0.611. The van der Waals surface area contributed by atoms with E-state index in [9.17, 15) is 0 Å². The Labute approximate surface area is 120 Å². The van der Waals surface area contributed by atoms with E-state index in [2.05, 4.69) is 36.1 Å². The predicted octanol–water partition coefficient (Wildman–Crippen LogP) is 3.53. The lowest BCUT2D eigenvalue weighted by molar-refractivity contribution is 0.0667. The van der Waals surface area contributed by atoms with Crippen LogP contribution in [-0.4, -0.2) is 29.7 Å². The summed E-state index contributed by atoms with van der Waals surface area (Å²) in [6.07, 6.45) is 5.31. The van der Waals surface area contributed by atoms with Crippen LogP contribution in [0.2, 0.25) is 0 Å². The van der Waals surface area contributed by atoms with Gasteiger partial charge < -0.3 is 0 Å². The maximum Gasteiger partial charge on any atom is 0.0671 e. The van der Waals surface area contributed by atoms with Gasteiger partial charge in [0.15, 0.2) is 0 Å². The first-order valence-electron chi connectivity index (χ1n) is 8.24. The van der Waals surface area contributed by atoms with Gasteiger partial charge in [0.2, 0.25) is 0 Å². The Morgan fingerprint density at radius 1 is 1.35 bits per heavy atom.